The average Bonchev–Trinajstić information content (AvgIpc) is 2.79. The van der Waals surface area contributed by atoms with Gasteiger partial charge in [0.15, 0.2) is 0 Å². The number of hydrogen-bond donors (Lipinski definition) is 1. The SMILES string of the molecule is Cc1ccc(-c2ccc3c(c2)O[C@H](CN(C)C(=O)C2CCC2)[C@H](C)CN([C@@H](C)CO)S3(=O)=O)cc1. The van der Waals surface area contributed by atoms with Crippen LogP contribution in [0.15, 0.2) is 47.4 Å². The summed E-state index contributed by atoms with van der Waals surface area (Å²) < 4.78 is 35.1. The van der Waals surface area contributed by atoms with Crippen LogP contribution in [-0.4, -0.2) is 67.5 Å². The third-order valence-corrected chi connectivity index (χ3v) is 9.36. The third-order valence-electron chi connectivity index (χ3n) is 7.34. The largest absolute Gasteiger partial charge is 0.487 e. The molecule has 1 N–H and O–H groups in total. The molecule has 7 nitrogen and oxygen atoms in total. The van der Waals surface area contributed by atoms with Crippen LogP contribution < -0.4 is 4.74 Å². The van der Waals surface area contributed by atoms with Gasteiger partial charge in [-0.25, -0.2) is 8.42 Å². The minimum Gasteiger partial charge on any atom is -0.487 e. The summed E-state index contributed by atoms with van der Waals surface area (Å²) in [6.45, 7) is 5.94. The van der Waals surface area contributed by atoms with Crippen LogP contribution in [0.3, 0.4) is 0 Å². The Bertz CT molecular complexity index is 1160. The Kier molecular flexibility index (Phi) is 7.54. The van der Waals surface area contributed by atoms with E-state index in [1.807, 2.05) is 38.1 Å². The molecule has 8 heteroatoms. The van der Waals surface area contributed by atoms with Crippen LogP contribution in [0.1, 0.15) is 38.7 Å². The lowest BCUT2D eigenvalue weighted by Gasteiger charge is -2.38. The van der Waals surface area contributed by atoms with Crippen LogP contribution in [0.25, 0.3) is 11.1 Å². The molecule has 2 aromatic rings. The number of amides is 1. The smallest absolute Gasteiger partial charge is 0.247 e. The van der Waals surface area contributed by atoms with Crippen molar-refractivity contribution in [2.24, 2.45) is 11.8 Å². The van der Waals surface area contributed by atoms with E-state index in [0.717, 1.165) is 36.0 Å². The highest BCUT2D eigenvalue weighted by Gasteiger charge is 2.39. The van der Waals surface area contributed by atoms with E-state index >= 15 is 0 Å². The lowest BCUT2D eigenvalue weighted by Crippen LogP contribution is -2.50. The van der Waals surface area contributed by atoms with Crippen LogP contribution in [0, 0.1) is 18.8 Å². The average molecular weight is 501 g/mol. The number of benzene rings is 2. The predicted octanol–water partition coefficient (Wildman–Crippen LogP) is 3.69. The first-order valence-electron chi connectivity index (χ1n) is 12.4. The fourth-order valence-electron chi connectivity index (χ4n) is 4.70. The predicted molar refractivity (Wildman–Crippen MR) is 136 cm³/mol. The maximum absolute atomic E-state index is 13.7. The van der Waals surface area contributed by atoms with Gasteiger partial charge in [0, 0.05) is 31.5 Å². The molecule has 190 valence electrons. The molecule has 0 saturated heterocycles. The van der Waals surface area contributed by atoms with Gasteiger partial charge in [0.1, 0.15) is 16.7 Å². The molecule has 0 unspecified atom stereocenters. The number of fused-ring (bicyclic) bond motifs is 1. The van der Waals surface area contributed by atoms with Crippen molar-refractivity contribution >= 4 is 15.9 Å². The molecule has 1 fully saturated rings. The summed E-state index contributed by atoms with van der Waals surface area (Å²) in [4.78, 5) is 14.6. The Morgan fingerprint density at radius 3 is 2.43 bits per heavy atom. The molecule has 0 radical (unpaired) electrons. The zero-order valence-electron chi connectivity index (χ0n) is 21.0. The van der Waals surface area contributed by atoms with Gasteiger partial charge in [-0.15, -0.1) is 0 Å². The number of nitrogens with zero attached hydrogens (tertiary/aromatic N) is 2. The lowest BCUT2D eigenvalue weighted by molar-refractivity contribution is -0.138. The number of carbonyl (C=O) groups excluding carboxylic acids is 1. The molecule has 1 saturated carbocycles. The van der Waals surface area contributed by atoms with Crippen LogP contribution in [0.4, 0.5) is 0 Å². The molecule has 4 rings (SSSR count). The highest BCUT2D eigenvalue weighted by Crippen LogP contribution is 2.37. The molecule has 2 aromatic carbocycles. The van der Waals surface area contributed by atoms with Crippen LogP contribution in [0.5, 0.6) is 5.75 Å². The molecule has 0 bridgehead atoms. The molecule has 3 atom stereocenters. The van der Waals surface area contributed by atoms with E-state index < -0.39 is 22.2 Å². The molecule has 1 aliphatic heterocycles. The van der Waals surface area contributed by atoms with Crippen molar-refractivity contribution in [2.75, 3.05) is 26.7 Å². The maximum Gasteiger partial charge on any atom is 0.247 e. The molecule has 1 heterocycles. The van der Waals surface area contributed by atoms with E-state index in [9.17, 15) is 18.3 Å². The number of aryl methyl sites for hydroxylation is 1. The topological polar surface area (TPSA) is 87.2 Å². The van der Waals surface area contributed by atoms with Crippen molar-refractivity contribution in [3.8, 4) is 16.9 Å². The number of ether oxygens (including phenoxy) is 1. The molecule has 1 amide bonds. The second kappa shape index (κ2) is 10.3. The van der Waals surface area contributed by atoms with Crippen LogP contribution >= 0.6 is 0 Å². The molecule has 0 aromatic heterocycles. The first-order chi connectivity index (χ1) is 16.6. The summed E-state index contributed by atoms with van der Waals surface area (Å²) in [5, 5.41) is 9.82. The summed E-state index contributed by atoms with van der Waals surface area (Å²) in [5.74, 6) is 0.275. The first kappa shape index (κ1) is 25.7. The summed E-state index contributed by atoms with van der Waals surface area (Å²) in [7, 11) is -2.11. The number of aliphatic hydroxyl groups excluding tert-OH is 1. The van der Waals surface area contributed by atoms with Crippen molar-refractivity contribution in [2.45, 2.75) is 57.1 Å². The van der Waals surface area contributed by atoms with Gasteiger partial charge >= 0.3 is 0 Å². The summed E-state index contributed by atoms with van der Waals surface area (Å²) in [6, 6.07) is 12.6. The maximum atomic E-state index is 13.7. The van der Waals surface area contributed by atoms with Crippen molar-refractivity contribution in [3.05, 3.63) is 48.0 Å². The van der Waals surface area contributed by atoms with E-state index in [2.05, 4.69) is 0 Å². The lowest BCUT2D eigenvalue weighted by atomic mass is 9.84. The minimum absolute atomic E-state index is 0.0792. The fourth-order valence-corrected chi connectivity index (χ4v) is 6.52. The fraction of sp³-hybridized carbons (Fsp3) is 0.519. The van der Waals surface area contributed by atoms with Crippen LogP contribution in [-0.2, 0) is 14.8 Å². The summed E-state index contributed by atoms with van der Waals surface area (Å²) in [5.41, 5.74) is 2.95. The Hall–Kier alpha value is -2.42. The zero-order valence-corrected chi connectivity index (χ0v) is 21.8. The van der Waals surface area contributed by atoms with Gasteiger partial charge in [-0.1, -0.05) is 49.2 Å². The molecule has 1 aliphatic carbocycles. The van der Waals surface area contributed by atoms with E-state index in [1.165, 1.54) is 4.31 Å². The second-order valence-corrected chi connectivity index (χ2v) is 12.0. The molecule has 2 aliphatic rings. The third kappa shape index (κ3) is 5.25. The van der Waals surface area contributed by atoms with Crippen molar-refractivity contribution < 1.29 is 23.1 Å². The molecule has 0 spiro atoms. The standard InChI is InChI=1S/C27H36N2O5S/c1-18-8-10-21(11-9-18)23-12-13-26-24(14-23)34-25(16-28(4)27(31)22-6-5-7-22)19(2)15-29(20(3)17-30)35(26,32)33/h8-14,19-20,22,25,30H,5-7,15-17H2,1-4H3/t19-,20+,25-/m1/s1. The second-order valence-electron chi connectivity index (χ2n) is 10.1. The number of hydrogen-bond acceptors (Lipinski definition) is 5. The minimum atomic E-state index is -3.90. The van der Waals surface area contributed by atoms with Gasteiger partial charge in [-0.3, -0.25) is 4.79 Å². The van der Waals surface area contributed by atoms with Crippen molar-refractivity contribution in [1.29, 1.82) is 0 Å². The van der Waals surface area contributed by atoms with Gasteiger partial charge in [0.2, 0.25) is 15.9 Å². The molecule has 35 heavy (non-hydrogen) atoms. The first-order valence-corrected chi connectivity index (χ1v) is 13.8. The van der Waals surface area contributed by atoms with Gasteiger partial charge in [0.25, 0.3) is 0 Å². The van der Waals surface area contributed by atoms with Gasteiger partial charge in [-0.05, 0) is 49.9 Å². The zero-order chi connectivity index (χ0) is 25.3. The summed E-state index contributed by atoms with van der Waals surface area (Å²) in [6.07, 6.45) is 2.53. The van der Waals surface area contributed by atoms with Crippen molar-refractivity contribution in [1.82, 2.24) is 9.21 Å². The number of rotatable bonds is 6. The normalized spacial score (nSPS) is 23.2. The van der Waals surface area contributed by atoms with Crippen LogP contribution in [0.2, 0.25) is 0 Å². The highest BCUT2D eigenvalue weighted by molar-refractivity contribution is 7.89. The molecular formula is C27H36N2O5S. The van der Waals surface area contributed by atoms with Crippen molar-refractivity contribution in [3.63, 3.8) is 0 Å². The Morgan fingerprint density at radius 2 is 1.83 bits per heavy atom. The number of aliphatic hydroxyl groups is 1. The molecular weight excluding hydrogens is 464 g/mol. The monoisotopic (exact) mass is 500 g/mol. The number of carbonyl (C=O) groups is 1. The Labute approximate surface area is 208 Å². The summed E-state index contributed by atoms with van der Waals surface area (Å²) >= 11 is 0. The quantitative estimate of drug-likeness (QED) is 0.654. The van der Waals surface area contributed by atoms with Gasteiger partial charge in [0.05, 0.1) is 13.2 Å². The number of sulfonamides is 1. The van der Waals surface area contributed by atoms with E-state index in [1.54, 1.807) is 37.1 Å². The number of likely N-dealkylation sites (N-methyl/N-ethyl adjacent to an activating group) is 1. The van der Waals surface area contributed by atoms with Gasteiger partial charge in [-0.2, -0.15) is 4.31 Å². The highest BCUT2D eigenvalue weighted by atomic mass is 32.2. The van der Waals surface area contributed by atoms with E-state index in [4.69, 9.17) is 4.74 Å². The van der Waals surface area contributed by atoms with E-state index in [0.29, 0.717) is 6.54 Å². The van der Waals surface area contributed by atoms with Gasteiger partial charge < -0.3 is 14.7 Å². The van der Waals surface area contributed by atoms with E-state index in [-0.39, 0.29) is 41.5 Å². The Balaban J connectivity index is 1.74. The Morgan fingerprint density at radius 1 is 1.17 bits per heavy atom.